The summed E-state index contributed by atoms with van der Waals surface area (Å²) in [5.74, 6) is 0.711. The van der Waals surface area contributed by atoms with Gasteiger partial charge in [0.05, 0.1) is 5.69 Å². The van der Waals surface area contributed by atoms with E-state index in [9.17, 15) is 4.79 Å². The second kappa shape index (κ2) is 5.79. The molecule has 0 atom stereocenters. The van der Waals surface area contributed by atoms with Crippen molar-refractivity contribution >= 4 is 16.7 Å². The van der Waals surface area contributed by atoms with Gasteiger partial charge >= 0.3 is 0 Å². The van der Waals surface area contributed by atoms with Gasteiger partial charge < -0.3 is 9.84 Å². The molecule has 21 heavy (non-hydrogen) atoms. The van der Waals surface area contributed by atoms with Gasteiger partial charge in [-0.2, -0.15) is 0 Å². The van der Waals surface area contributed by atoms with Gasteiger partial charge in [-0.3, -0.25) is 4.79 Å². The Morgan fingerprint density at radius 1 is 1.14 bits per heavy atom. The highest BCUT2D eigenvalue weighted by Gasteiger charge is 2.07. The molecule has 0 aliphatic rings. The highest BCUT2D eigenvalue weighted by Crippen LogP contribution is 2.15. The Kier molecular flexibility index (Phi) is 3.69. The lowest BCUT2D eigenvalue weighted by Gasteiger charge is -2.05. The van der Waals surface area contributed by atoms with E-state index in [4.69, 9.17) is 4.52 Å². The molecule has 0 saturated carbocycles. The summed E-state index contributed by atoms with van der Waals surface area (Å²) in [4.78, 5) is 12.1. The van der Waals surface area contributed by atoms with Crippen LogP contribution in [0.4, 0.5) is 0 Å². The fourth-order valence-electron chi connectivity index (χ4n) is 2.27. The Labute approximate surface area is 122 Å². The third kappa shape index (κ3) is 3.11. The molecule has 4 nitrogen and oxygen atoms in total. The lowest BCUT2D eigenvalue weighted by molar-refractivity contribution is 0.0953. The van der Waals surface area contributed by atoms with Crippen LogP contribution in [0.1, 0.15) is 21.8 Å². The van der Waals surface area contributed by atoms with E-state index in [2.05, 4.69) is 10.5 Å². The van der Waals surface area contributed by atoms with Crippen molar-refractivity contribution in [3.8, 4) is 0 Å². The summed E-state index contributed by atoms with van der Waals surface area (Å²) < 4.78 is 5.11. The van der Waals surface area contributed by atoms with E-state index in [-0.39, 0.29) is 5.91 Å². The maximum atomic E-state index is 12.1. The van der Waals surface area contributed by atoms with Crippen LogP contribution in [0.2, 0.25) is 0 Å². The molecule has 0 aliphatic heterocycles. The predicted molar refractivity (Wildman–Crippen MR) is 81.2 cm³/mol. The minimum atomic E-state index is -0.0722. The summed E-state index contributed by atoms with van der Waals surface area (Å²) in [7, 11) is 0. The van der Waals surface area contributed by atoms with Crippen molar-refractivity contribution in [1.29, 1.82) is 0 Å². The molecule has 3 rings (SSSR count). The lowest BCUT2D eigenvalue weighted by Crippen LogP contribution is -2.25. The number of fused-ring (bicyclic) bond motifs is 1. The molecule has 0 saturated heterocycles. The van der Waals surface area contributed by atoms with Crippen molar-refractivity contribution in [3.63, 3.8) is 0 Å². The van der Waals surface area contributed by atoms with Crippen LogP contribution in [0.5, 0.6) is 0 Å². The van der Waals surface area contributed by atoms with Crippen LogP contribution in [-0.2, 0) is 6.42 Å². The highest BCUT2D eigenvalue weighted by molar-refractivity contribution is 5.98. The fraction of sp³-hybridized carbons (Fsp3) is 0.176. The summed E-state index contributed by atoms with van der Waals surface area (Å²) in [5, 5.41) is 8.91. The van der Waals surface area contributed by atoms with Crippen LogP contribution in [0.15, 0.2) is 53.1 Å². The van der Waals surface area contributed by atoms with Crippen molar-refractivity contribution in [2.45, 2.75) is 13.3 Å². The number of nitrogens with zero attached hydrogens (tertiary/aromatic N) is 1. The first-order valence-corrected chi connectivity index (χ1v) is 6.91. The van der Waals surface area contributed by atoms with Gasteiger partial charge in [-0.25, -0.2) is 0 Å². The minimum Gasteiger partial charge on any atom is -0.361 e. The van der Waals surface area contributed by atoms with Crippen molar-refractivity contribution in [1.82, 2.24) is 10.5 Å². The van der Waals surface area contributed by atoms with Crippen molar-refractivity contribution in [3.05, 3.63) is 65.5 Å². The van der Waals surface area contributed by atoms with Gasteiger partial charge in [0, 0.05) is 24.6 Å². The third-order valence-electron chi connectivity index (χ3n) is 3.35. The second-order valence-corrected chi connectivity index (χ2v) is 5.00. The van der Waals surface area contributed by atoms with E-state index in [1.54, 1.807) is 0 Å². The molecular weight excluding hydrogens is 264 g/mol. The van der Waals surface area contributed by atoms with Gasteiger partial charge in [0.2, 0.25) is 0 Å². The normalized spacial score (nSPS) is 10.7. The second-order valence-electron chi connectivity index (χ2n) is 5.00. The number of aromatic nitrogens is 1. The molecule has 2 aromatic carbocycles. The standard InChI is InChI=1S/C17H16N2O2/c1-12-10-16(21-19-12)8-9-18-17(20)15-7-6-13-4-2-3-5-14(13)11-15/h2-7,10-11H,8-9H2,1H3,(H,18,20). The van der Waals surface area contributed by atoms with Gasteiger partial charge in [-0.05, 0) is 29.8 Å². The Hall–Kier alpha value is -2.62. The number of benzene rings is 2. The van der Waals surface area contributed by atoms with Crippen LogP contribution >= 0.6 is 0 Å². The van der Waals surface area contributed by atoms with Crippen LogP contribution in [0.25, 0.3) is 10.8 Å². The van der Waals surface area contributed by atoms with Crippen LogP contribution in [0.3, 0.4) is 0 Å². The summed E-state index contributed by atoms with van der Waals surface area (Å²) in [6, 6.07) is 15.6. The number of carbonyl (C=O) groups is 1. The van der Waals surface area contributed by atoms with Crippen LogP contribution < -0.4 is 5.32 Å². The van der Waals surface area contributed by atoms with Crippen molar-refractivity contribution in [2.75, 3.05) is 6.54 Å². The van der Waals surface area contributed by atoms with E-state index in [0.717, 1.165) is 22.2 Å². The molecule has 106 valence electrons. The molecule has 1 N–H and O–H groups in total. The SMILES string of the molecule is Cc1cc(CCNC(=O)c2ccc3ccccc3c2)on1. The van der Waals surface area contributed by atoms with E-state index < -0.39 is 0 Å². The molecule has 1 amide bonds. The topological polar surface area (TPSA) is 55.1 Å². The van der Waals surface area contributed by atoms with E-state index in [1.807, 2.05) is 55.5 Å². The largest absolute Gasteiger partial charge is 0.361 e. The van der Waals surface area contributed by atoms with Crippen molar-refractivity contribution < 1.29 is 9.32 Å². The summed E-state index contributed by atoms with van der Waals surface area (Å²) in [5.41, 5.74) is 1.52. The summed E-state index contributed by atoms with van der Waals surface area (Å²) >= 11 is 0. The highest BCUT2D eigenvalue weighted by atomic mass is 16.5. The Balaban J connectivity index is 1.63. The maximum absolute atomic E-state index is 12.1. The smallest absolute Gasteiger partial charge is 0.251 e. The molecule has 0 radical (unpaired) electrons. The van der Waals surface area contributed by atoms with Crippen LogP contribution in [0, 0.1) is 6.92 Å². The summed E-state index contributed by atoms with van der Waals surface area (Å²) in [6.45, 7) is 2.40. The van der Waals surface area contributed by atoms with E-state index in [1.165, 1.54) is 0 Å². The number of nitrogens with one attached hydrogen (secondary N) is 1. The Morgan fingerprint density at radius 2 is 1.95 bits per heavy atom. The zero-order valence-electron chi connectivity index (χ0n) is 11.8. The number of carbonyl (C=O) groups excluding carboxylic acids is 1. The Bertz CT molecular complexity index is 777. The molecule has 1 aromatic heterocycles. The fourth-order valence-corrected chi connectivity index (χ4v) is 2.27. The number of rotatable bonds is 4. The number of hydrogen-bond donors (Lipinski definition) is 1. The van der Waals surface area contributed by atoms with Crippen LogP contribution in [-0.4, -0.2) is 17.6 Å². The van der Waals surface area contributed by atoms with E-state index >= 15 is 0 Å². The molecule has 1 heterocycles. The number of aryl methyl sites for hydroxylation is 1. The minimum absolute atomic E-state index is 0.0722. The predicted octanol–water partition coefficient (Wildman–Crippen LogP) is 3.11. The first-order chi connectivity index (χ1) is 10.2. The molecule has 4 heteroatoms. The van der Waals surface area contributed by atoms with Gasteiger partial charge in [-0.15, -0.1) is 0 Å². The zero-order chi connectivity index (χ0) is 14.7. The molecule has 0 bridgehead atoms. The number of hydrogen-bond acceptors (Lipinski definition) is 3. The molecule has 0 fully saturated rings. The molecular formula is C17H16N2O2. The first-order valence-electron chi connectivity index (χ1n) is 6.91. The summed E-state index contributed by atoms with van der Waals surface area (Å²) in [6.07, 6.45) is 0.639. The zero-order valence-corrected chi connectivity index (χ0v) is 11.8. The van der Waals surface area contributed by atoms with Gasteiger partial charge in [0.15, 0.2) is 0 Å². The first kappa shape index (κ1) is 13.4. The lowest BCUT2D eigenvalue weighted by atomic mass is 10.1. The molecule has 3 aromatic rings. The van der Waals surface area contributed by atoms with Gasteiger partial charge in [0.25, 0.3) is 5.91 Å². The maximum Gasteiger partial charge on any atom is 0.251 e. The Morgan fingerprint density at radius 3 is 2.71 bits per heavy atom. The molecule has 0 aliphatic carbocycles. The van der Waals surface area contributed by atoms with Crippen molar-refractivity contribution in [2.24, 2.45) is 0 Å². The van der Waals surface area contributed by atoms with Gasteiger partial charge in [0.1, 0.15) is 5.76 Å². The quantitative estimate of drug-likeness (QED) is 0.799. The molecule has 0 unspecified atom stereocenters. The van der Waals surface area contributed by atoms with E-state index in [0.29, 0.717) is 18.5 Å². The monoisotopic (exact) mass is 280 g/mol. The number of amides is 1. The van der Waals surface area contributed by atoms with Gasteiger partial charge in [-0.1, -0.05) is 35.5 Å². The molecule has 0 spiro atoms. The third-order valence-corrected chi connectivity index (χ3v) is 3.35. The average Bonchev–Trinajstić information content (AvgIpc) is 2.92. The average molecular weight is 280 g/mol.